The first kappa shape index (κ1) is 14.1. The molecule has 0 fully saturated rings. The number of hydrogen-bond donors (Lipinski definition) is 1. The number of rotatable bonds is 4. The number of nitrogens with two attached hydrogens (primary N) is 1. The molecule has 2 aromatic heterocycles. The van der Waals surface area contributed by atoms with Gasteiger partial charge in [0.15, 0.2) is 0 Å². The molecular weight excluding hydrogens is 256 g/mol. The molecule has 19 heavy (non-hydrogen) atoms. The van der Waals surface area contributed by atoms with E-state index in [1.165, 1.54) is 4.88 Å². The summed E-state index contributed by atoms with van der Waals surface area (Å²) in [5, 5.41) is 1.12. The summed E-state index contributed by atoms with van der Waals surface area (Å²) in [6, 6.07) is 2.60. The third-order valence-electron chi connectivity index (χ3n) is 3.70. The molecule has 0 amide bonds. The van der Waals surface area contributed by atoms with Crippen molar-refractivity contribution in [1.29, 1.82) is 0 Å². The predicted molar refractivity (Wildman–Crippen MR) is 83.9 cm³/mol. The largest absolute Gasteiger partial charge is 0.368 e. The minimum Gasteiger partial charge on any atom is -0.368 e. The molecule has 0 aliphatic carbocycles. The van der Waals surface area contributed by atoms with Gasteiger partial charge in [0.1, 0.15) is 10.6 Å². The van der Waals surface area contributed by atoms with Crippen LogP contribution >= 0.6 is 11.3 Å². The zero-order valence-corrected chi connectivity index (χ0v) is 13.1. The molecule has 0 spiro atoms. The highest BCUT2D eigenvalue weighted by atomic mass is 32.1. The van der Waals surface area contributed by atoms with Crippen LogP contribution in [-0.4, -0.2) is 23.1 Å². The molecule has 0 saturated carbocycles. The maximum absolute atomic E-state index is 5.85. The number of aryl methyl sites for hydroxylation is 1. The third-order valence-corrected chi connectivity index (χ3v) is 4.87. The molecule has 2 rings (SSSR count). The molecule has 0 aromatic carbocycles. The van der Waals surface area contributed by atoms with Crippen LogP contribution in [0, 0.1) is 5.92 Å². The van der Waals surface area contributed by atoms with E-state index in [1.54, 1.807) is 11.3 Å². The topological polar surface area (TPSA) is 55.0 Å². The molecule has 1 unspecified atom stereocenters. The second-order valence-corrected chi connectivity index (χ2v) is 6.40. The summed E-state index contributed by atoms with van der Waals surface area (Å²) in [5.74, 6) is 1.86. The highest BCUT2D eigenvalue weighted by molar-refractivity contribution is 7.18. The lowest BCUT2D eigenvalue weighted by Gasteiger charge is -2.29. The zero-order valence-electron chi connectivity index (χ0n) is 12.3. The van der Waals surface area contributed by atoms with E-state index in [9.17, 15) is 0 Å². The van der Waals surface area contributed by atoms with Gasteiger partial charge in [-0.3, -0.25) is 0 Å². The van der Waals surface area contributed by atoms with Crippen LogP contribution in [0.2, 0.25) is 0 Å². The van der Waals surface area contributed by atoms with E-state index >= 15 is 0 Å². The summed E-state index contributed by atoms with van der Waals surface area (Å²) in [7, 11) is 2.08. The van der Waals surface area contributed by atoms with Crippen molar-refractivity contribution in [1.82, 2.24) is 9.97 Å². The van der Waals surface area contributed by atoms with Crippen LogP contribution in [0.15, 0.2) is 6.07 Å². The summed E-state index contributed by atoms with van der Waals surface area (Å²) >= 11 is 1.71. The van der Waals surface area contributed by atoms with Crippen LogP contribution in [0.1, 0.15) is 32.6 Å². The fourth-order valence-electron chi connectivity index (χ4n) is 2.06. The van der Waals surface area contributed by atoms with Gasteiger partial charge in [0.25, 0.3) is 0 Å². The number of nitrogen functional groups attached to an aromatic ring is 1. The van der Waals surface area contributed by atoms with Crippen molar-refractivity contribution in [3.8, 4) is 0 Å². The van der Waals surface area contributed by atoms with Crippen LogP contribution in [-0.2, 0) is 6.42 Å². The molecule has 0 saturated heterocycles. The molecule has 0 bridgehead atoms. The van der Waals surface area contributed by atoms with Gasteiger partial charge in [-0.25, -0.2) is 4.98 Å². The summed E-state index contributed by atoms with van der Waals surface area (Å²) in [6.07, 6.45) is 1.02. The van der Waals surface area contributed by atoms with Crippen LogP contribution in [0.5, 0.6) is 0 Å². The Morgan fingerprint density at radius 3 is 2.58 bits per heavy atom. The first-order chi connectivity index (χ1) is 8.93. The highest BCUT2D eigenvalue weighted by Crippen LogP contribution is 2.32. The number of fused-ring (bicyclic) bond motifs is 1. The van der Waals surface area contributed by atoms with Gasteiger partial charge in [0.05, 0.1) is 5.39 Å². The van der Waals surface area contributed by atoms with E-state index in [-0.39, 0.29) is 0 Å². The Balaban J connectivity index is 2.55. The molecule has 0 radical (unpaired) electrons. The van der Waals surface area contributed by atoms with Crippen molar-refractivity contribution < 1.29 is 0 Å². The average molecular weight is 278 g/mol. The van der Waals surface area contributed by atoms with Crippen molar-refractivity contribution in [3.05, 3.63) is 10.9 Å². The molecule has 5 heteroatoms. The molecular formula is C14H22N4S. The molecule has 2 aromatic rings. The monoisotopic (exact) mass is 278 g/mol. The zero-order chi connectivity index (χ0) is 14.2. The maximum atomic E-state index is 5.85. The van der Waals surface area contributed by atoms with Gasteiger partial charge < -0.3 is 10.6 Å². The fraction of sp³-hybridized carbons (Fsp3) is 0.571. The molecule has 2 heterocycles. The Bertz CT molecular complexity index is 576. The van der Waals surface area contributed by atoms with Crippen molar-refractivity contribution in [2.24, 2.45) is 5.92 Å². The predicted octanol–water partition coefficient (Wildman–Crippen LogP) is 3.32. The lowest BCUT2D eigenvalue weighted by Crippen LogP contribution is -2.34. The molecule has 0 aliphatic heterocycles. The number of thiophene rings is 1. The number of hydrogen-bond acceptors (Lipinski definition) is 5. The Hall–Kier alpha value is -1.36. The van der Waals surface area contributed by atoms with Gasteiger partial charge in [0, 0.05) is 18.0 Å². The number of anilines is 2. The summed E-state index contributed by atoms with van der Waals surface area (Å²) in [4.78, 5) is 13.3. The summed E-state index contributed by atoms with van der Waals surface area (Å²) in [6.45, 7) is 8.80. The Kier molecular flexibility index (Phi) is 3.94. The van der Waals surface area contributed by atoms with Gasteiger partial charge in [-0.15, -0.1) is 11.3 Å². The van der Waals surface area contributed by atoms with Crippen LogP contribution < -0.4 is 10.6 Å². The van der Waals surface area contributed by atoms with Gasteiger partial charge >= 0.3 is 0 Å². The lowest BCUT2D eigenvalue weighted by atomic mass is 10.1. The second kappa shape index (κ2) is 5.33. The SMILES string of the molecule is CCc1cc2c(N(C)C(C)C(C)C)nc(N)nc2s1. The number of aromatic nitrogens is 2. The van der Waals surface area contributed by atoms with E-state index in [0.29, 0.717) is 17.9 Å². The Morgan fingerprint density at radius 2 is 2.00 bits per heavy atom. The lowest BCUT2D eigenvalue weighted by molar-refractivity contribution is 0.503. The maximum Gasteiger partial charge on any atom is 0.223 e. The van der Waals surface area contributed by atoms with E-state index in [2.05, 4.69) is 55.7 Å². The number of nitrogens with zero attached hydrogens (tertiary/aromatic N) is 3. The van der Waals surface area contributed by atoms with Gasteiger partial charge in [-0.05, 0) is 25.3 Å². The van der Waals surface area contributed by atoms with Crippen LogP contribution in [0.25, 0.3) is 10.2 Å². The van der Waals surface area contributed by atoms with Gasteiger partial charge in [0.2, 0.25) is 5.95 Å². The minimum absolute atomic E-state index is 0.356. The average Bonchev–Trinajstić information content (AvgIpc) is 2.78. The molecule has 2 N–H and O–H groups in total. The Labute approximate surface area is 118 Å². The van der Waals surface area contributed by atoms with E-state index in [0.717, 1.165) is 22.5 Å². The van der Waals surface area contributed by atoms with Crippen molar-refractivity contribution in [2.45, 2.75) is 40.2 Å². The normalized spacial score (nSPS) is 13.2. The smallest absolute Gasteiger partial charge is 0.223 e. The molecule has 4 nitrogen and oxygen atoms in total. The molecule has 104 valence electrons. The first-order valence-corrected chi connectivity index (χ1v) is 7.54. The van der Waals surface area contributed by atoms with Crippen LogP contribution in [0.4, 0.5) is 11.8 Å². The van der Waals surface area contributed by atoms with Crippen LogP contribution in [0.3, 0.4) is 0 Å². The van der Waals surface area contributed by atoms with Crippen molar-refractivity contribution >= 4 is 33.3 Å². The van der Waals surface area contributed by atoms with Crippen molar-refractivity contribution in [2.75, 3.05) is 17.7 Å². The van der Waals surface area contributed by atoms with E-state index in [1.807, 2.05) is 0 Å². The van der Waals surface area contributed by atoms with E-state index < -0.39 is 0 Å². The van der Waals surface area contributed by atoms with Crippen molar-refractivity contribution in [3.63, 3.8) is 0 Å². The second-order valence-electron chi connectivity index (χ2n) is 5.29. The first-order valence-electron chi connectivity index (χ1n) is 6.72. The minimum atomic E-state index is 0.356. The van der Waals surface area contributed by atoms with Gasteiger partial charge in [-0.1, -0.05) is 20.8 Å². The summed E-state index contributed by atoms with van der Waals surface area (Å²) < 4.78 is 0. The van der Waals surface area contributed by atoms with Gasteiger partial charge in [-0.2, -0.15) is 4.98 Å². The molecule has 0 aliphatic rings. The van der Waals surface area contributed by atoms with E-state index in [4.69, 9.17) is 5.73 Å². The standard InChI is InChI=1S/C14H22N4S/c1-6-10-7-11-12(18(5)9(4)8(2)3)16-14(15)17-13(11)19-10/h7-9H,6H2,1-5H3,(H2,15,16,17). The third kappa shape index (κ3) is 2.66. The fourth-order valence-corrected chi connectivity index (χ4v) is 3.02. The highest BCUT2D eigenvalue weighted by Gasteiger charge is 2.19. The Morgan fingerprint density at radius 1 is 1.32 bits per heavy atom. The quantitative estimate of drug-likeness (QED) is 0.932. The molecule has 1 atom stereocenters. The summed E-state index contributed by atoms with van der Waals surface area (Å²) in [5.41, 5.74) is 5.85.